The van der Waals surface area contributed by atoms with E-state index in [0.717, 1.165) is 17.7 Å². The number of methoxy groups -OCH3 is 1. The van der Waals surface area contributed by atoms with E-state index in [9.17, 15) is 8.78 Å². The Kier molecular flexibility index (Phi) is 6.72. The van der Waals surface area contributed by atoms with E-state index in [0.29, 0.717) is 40.9 Å². The van der Waals surface area contributed by atoms with Crippen molar-refractivity contribution in [2.24, 2.45) is 0 Å². The van der Waals surface area contributed by atoms with Gasteiger partial charge in [0.2, 0.25) is 5.82 Å². The molecule has 4 aromatic rings. The molecule has 32 heavy (non-hydrogen) atoms. The number of nitrogens with zero attached hydrogens (tertiary/aromatic N) is 2. The molecule has 8 heteroatoms. The third-order valence-corrected chi connectivity index (χ3v) is 4.61. The summed E-state index contributed by atoms with van der Waals surface area (Å²) in [4.78, 5) is 4.35. The third kappa shape index (κ3) is 5.28. The van der Waals surface area contributed by atoms with Crippen LogP contribution in [0.5, 0.6) is 11.5 Å². The SMILES string of the molecule is COc1cc(-c2noc(COCc3ccccc3)n2)ccc1OCc1ccc(F)c(F)c1. The van der Waals surface area contributed by atoms with Gasteiger partial charge in [0.15, 0.2) is 23.1 Å². The average molecular weight is 438 g/mol. The van der Waals surface area contributed by atoms with Gasteiger partial charge in [-0.25, -0.2) is 8.78 Å². The molecule has 0 aliphatic rings. The largest absolute Gasteiger partial charge is 0.493 e. The average Bonchev–Trinajstić information content (AvgIpc) is 3.29. The van der Waals surface area contributed by atoms with Crippen molar-refractivity contribution in [3.63, 3.8) is 0 Å². The molecule has 4 rings (SSSR count). The molecule has 0 bridgehead atoms. The summed E-state index contributed by atoms with van der Waals surface area (Å²) in [5.41, 5.74) is 2.21. The van der Waals surface area contributed by atoms with Crippen LogP contribution in [0.4, 0.5) is 8.78 Å². The van der Waals surface area contributed by atoms with Crippen molar-refractivity contribution in [2.75, 3.05) is 7.11 Å². The van der Waals surface area contributed by atoms with Crippen molar-refractivity contribution in [1.29, 1.82) is 0 Å². The molecule has 0 amide bonds. The molecule has 0 fully saturated rings. The van der Waals surface area contributed by atoms with Crippen molar-refractivity contribution < 1.29 is 27.5 Å². The predicted molar refractivity (Wildman–Crippen MR) is 112 cm³/mol. The number of halogens is 2. The highest BCUT2D eigenvalue weighted by Gasteiger charge is 2.13. The summed E-state index contributed by atoms with van der Waals surface area (Å²) in [6.07, 6.45) is 0. The lowest BCUT2D eigenvalue weighted by atomic mass is 10.2. The lowest BCUT2D eigenvalue weighted by Gasteiger charge is -2.11. The molecule has 0 aliphatic carbocycles. The van der Waals surface area contributed by atoms with Crippen LogP contribution in [0.25, 0.3) is 11.4 Å². The van der Waals surface area contributed by atoms with Gasteiger partial charge in [-0.1, -0.05) is 41.6 Å². The first-order valence-corrected chi connectivity index (χ1v) is 9.82. The van der Waals surface area contributed by atoms with Gasteiger partial charge in [0.25, 0.3) is 5.89 Å². The summed E-state index contributed by atoms with van der Waals surface area (Å²) in [6.45, 7) is 0.683. The quantitative estimate of drug-likeness (QED) is 0.352. The Morgan fingerprint density at radius 3 is 2.44 bits per heavy atom. The predicted octanol–water partition coefficient (Wildman–Crippen LogP) is 5.32. The van der Waals surface area contributed by atoms with Crippen LogP contribution >= 0.6 is 0 Å². The standard InChI is InChI=1S/C24H20F2N2O4/c1-29-22-12-18(8-10-21(22)31-14-17-7-9-19(25)20(26)11-17)24-27-23(32-28-24)15-30-13-16-5-3-2-4-6-16/h2-12H,13-15H2,1H3. The Balaban J connectivity index is 1.39. The molecule has 1 aromatic heterocycles. The first-order valence-electron chi connectivity index (χ1n) is 9.82. The molecular weight excluding hydrogens is 418 g/mol. The number of benzene rings is 3. The minimum absolute atomic E-state index is 0.0536. The molecule has 6 nitrogen and oxygen atoms in total. The molecule has 3 aromatic carbocycles. The first kappa shape index (κ1) is 21.5. The van der Waals surface area contributed by atoms with E-state index in [1.165, 1.54) is 13.2 Å². The number of hydrogen-bond acceptors (Lipinski definition) is 6. The van der Waals surface area contributed by atoms with E-state index >= 15 is 0 Å². The summed E-state index contributed by atoms with van der Waals surface area (Å²) in [6, 6.07) is 18.6. The summed E-state index contributed by atoms with van der Waals surface area (Å²) in [7, 11) is 1.50. The fourth-order valence-electron chi connectivity index (χ4n) is 2.98. The maximum absolute atomic E-state index is 13.4. The first-order chi connectivity index (χ1) is 15.6. The van der Waals surface area contributed by atoms with E-state index in [4.69, 9.17) is 18.7 Å². The minimum atomic E-state index is -0.922. The number of hydrogen-bond donors (Lipinski definition) is 0. The van der Waals surface area contributed by atoms with Crippen molar-refractivity contribution in [1.82, 2.24) is 10.1 Å². The molecule has 164 valence electrons. The number of aromatic nitrogens is 2. The molecule has 0 saturated carbocycles. The van der Waals surface area contributed by atoms with Gasteiger partial charge in [-0.05, 0) is 41.5 Å². The van der Waals surface area contributed by atoms with Gasteiger partial charge in [-0.3, -0.25) is 0 Å². The fraction of sp³-hybridized carbons (Fsp3) is 0.167. The van der Waals surface area contributed by atoms with E-state index in [1.54, 1.807) is 18.2 Å². The highest BCUT2D eigenvalue weighted by Crippen LogP contribution is 2.32. The summed E-state index contributed by atoms with van der Waals surface area (Å²) in [5.74, 6) is -0.204. The van der Waals surface area contributed by atoms with Crippen molar-refractivity contribution in [3.05, 3.63) is 95.4 Å². The van der Waals surface area contributed by atoms with Crippen LogP contribution in [0.2, 0.25) is 0 Å². The highest BCUT2D eigenvalue weighted by molar-refractivity contribution is 5.60. The second kappa shape index (κ2) is 10.0. The summed E-state index contributed by atoms with van der Waals surface area (Å²) >= 11 is 0. The van der Waals surface area contributed by atoms with Crippen LogP contribution in [-0.4, -0.2) is 17.3 Å². The molecule has 0 unspecified atom stereocenters. The maximum Gasteiger partial charge on any atom is 0.252 e. The lowest BCUT2D eigenvalue weighted by Crippen LogP contribution is -1.99. The Morgan fingerprint density at radius 1 is 0.812 bits per heavy atom. The molecule has 0 atom stereocenters. The van der Waals surface area contributed by atoms with Crippen LogP contribution in [0.15, 0.2) is 71.3 Å². The van der Waals surface area contributed by atoms with E-state index in [-0.39, 0.29) is 13.2 Å². The zero-order chi connectivity index (χ0) is 22.3. The molecule has 0 radical (unpaired) electrons. The summed E-state index contributed by atoms with van der Waals surface area (Å²) in [5, 5.41) is 3.99. The Hall–Kier alpha value is -3.78. The minimum Gasteiger partial charge on any atom is -0.493 e. The molecule has 1 heterocycles. The maximum atomic E-state index is 13.4. The van der Waals surface area contributed by atoms with E-state index in [1.807, 2.05) is 30.3 Å². The zero-order valence-corrected chi connectivity index (χ0v) is 17.3. The smallest absolute Gasteiger partial charge is 0.252 e. The molecule has 0 spiro atoms. The molecule has 0 N–H and O–H groups in total. The lowest BCUT2D eigenvalue weighted by molar-refractivity contribution is 0.0850. The second-order valence-corrected chi connectivity index (χ2v) is 6.89. The topological polar surface area (TPSA) is 66.6 Å². The van der Waals surface area contributed by atoms with Crippen LogP contribution in [-0.2, 0) is 24.6 Å². The Bertz CT molecular complexity index is 1180. The fourth-order valence-corrected chi connectivity index (χ4v) is 2.98. The van der Waals surface area contributed by atoms with Gasteiger partial charge in [0, 0.05) is 5.56 Å². The van der Waals surface area contributed by atoms with Gasteiger partial charge in [-0.15, -0.1) is 0 Å². The van der Waals surface area contributed by atoms with Gasteiger partial charge in [0.05, 0.1) is 13.7 Å². The van der Waals surface area contributed by atoms with E-state index < -0.39 is 11.6 Å². The van der Waals surface area contributed by atoms with Crippen LogP contribution in [0.3, 0.4) is 0 Å². The molecule has 0 saturated heterocycles. The summed E-state index contributed by atoms with van der Waals surface area (Å²) < 4.78 is 48.4. The van der Waals surface area contributed by atoms with Crippen LogP contribution < -0.4 is 9.47 Å². The number of rotatable bonds is 9. The zero-order valence-electron chi connectivity index (χ0n) is 17.3. The van der Waals surface area contributed by atoms with Crippen molar-refractivity contribution in [2.45, 2.75) is 19.8 Å². The van der Waals surface area contributed by atoms with Crippen molar-refractivity contribution >= 4 is 0 Å². The van der Waals surface area contributed by atoms with Crippen LogP contribution in [0.1, 0.15) is 17.0 Å². The van der Waals surface area contributed by atoms with Crippen molar-refractivity contribution in [3.8, 4) is 22.9 Å². The van der Waals surface area contributed by atoms with E-state index in [2.05, 4.69) is 10.1 Å². The highest BCUT2D eigenvalue weighted by atomic mass is 19.2. The number of ether oxygens (including phenoxy) is 3. The van der Waals surface area contributed by atoms with Gasteiger partial charge in [0.1, 0.15) is 13.2 Å². The van der Waals surface area contributed by atoms with Gasteiger partial charge >= 0.3 is 0 Å². The van der Waals surface area contributed by atoms with Gasteiger partial charge < -0.3 is 18.7 Å². The molecule has 0 aliphatic heterocycles. The monoisotopic (exact) mass is 438 g/mol. The normalized spacial score (nSPS) is 10.8. The Labute approximate surface area is 183 Å². The third-order valence-electron chi connectivity index (χ3n) is 4.61. The van der Waals surface area contributed by atoms with Gasteiger partial charge in [-0.2, -0.15) is 4.98 Å². The molecular formula is C24H20F2N2O4. The second-order valence-electron chi connectivity index (χ2n) is 6.89. The van der Waals surface area contributed by atoms with Crippen LogP contribution in [0, 0.1) is 11.6 Å². The Morgan fingerprint density at radius 2 is 1.66 bits per heavy atom.